The number of halogens is 5. The van der Waals surface area contributed by atoms with E-state index in [1.54, 1.807) is 19.1 Å². The van der Waals surface area contributed by atoms with E-state index in [9.17, 15) is 9.59 Å². The maximum atomic E-state index is 12.6. The lowest BCUT2D eigenvalue weighted by atomic mass is 10.2. The lowest BCUT2D eigenvalue weighted by molar-refractivity contribution is -0.113. The highest BCUT2D eigenvalue weighted by molar-refractivity contribution is 7.99. The van der Waals surface area contributed by atoms with E-state index in [1.807, 2.05) is 11.5 Å². The number of carbonyl (C=O) groups excluding carboxylic acids is 2. The standard InChI is InChI=1S/C21H18Cl5N5O2S/c1-3-31-19(10(2)27-20(33)12-5-4-11(22)6-13(12)23)29-30-21(31)34-9-18(32)28-17-8-15(25)14(24)7-16(17)26/h4-8,10H,3,9H2,1-2H3,(H,27,33)(H,28,32)/t10-/m0/s1. The van der Waals surface area contributed by atoms with Gasteiger partial charge in [0.25, 0.3) is 5.91 Å². The quantitative estimate of drug-likeness (QED) is 0.226. The minimum atomic E-state index is -0.468. The van der Waals surface area contributed by atoms with Gasteiger partial charge in [0.05, 0.1) is 43.1 Å². The van der Waals surface area contributed by atoms with Crippen LogP contribution in [-0.2, 0) is 11.3 Å². The molecule has 2 aromatic carbocycles. The highest BCUT2D eigenvalue weighted by Gasteiger charge is 2.21. The van der Waals surface area contributed by atoms with Crippen LogP contribution in [0.15, 0.2) is 35.5 Å². The Morgan fingerprint density at radius 1 is 1.00 bits per heavy atom. The molecule has 1 atom stereocenters. The van der Waals surface area contributed by atoms with Crippen molar-refractivity contribution in [3.8, 4) is 0 Å². The Balaban J connectivity index is 1.66. The van der Waals surface area contributed by atoms with Gasteiger partial charge in [-0.15, -0.1) is 10.2 Å². The minimum absolute atomic E-state index is 0.0514. The van der Waals surface area contributed by atoms with Crippen LogP contribution < -0.4 is 10.6 Å². The van der Waals surface area contributed by atoms with Crippen LogP contribution in [0.1, 0.15) is 36.1 Å². The number of hydrogen-bond donors (Lipinski definition) is 2. The van der Waals surface area contributed by atoms with Gasteiger partial charge < -0.3 is 15.2 Å². The number of rotatable bonds is 8. The Morgan fingerprint density at radius 2 is 1.71 bits per heavy atom. The highest BCUT2D eigenvalue weighted by atomic mass is 35.5. The molecule has 13 heteroatoms. The van der Waals surface area contributed by atoms with Crippen LogP contribution in [-0.4, -0.2) is 32.3 Å². The van der Waals surface area contributed by atoms with Crippen molar-refractivity contribution in [2.75, 3.05) is 11.1 Å². The van der Waals surface area contributed by atoms with Gasteiger partial charge in [-0.2, -0.15) is 0 Å². The molecule has 7 nitrogen and oxygen atoms in total. The molecule has 0 fully saturated rings. The Bertz CT molecular complexity index is 1240. The number of carbonyl (C=O) groups is 2. The number of benzene rings is 2. The molecule has 2 amide bonds. The van der Waals surface area contributed by atoms with Gasteiger partial charge in [0.15, 0.2) is 11.0 Å². The van der Waals surface area contributed by atoms with E-state index in [2.05, 4.69) is 20.8 Å². The first-order valence-corrected chi connectivity index (χ1v) is 12.7. The maximum Gasteiger partial charge on any atom is 0.253 e. The zero-order chi connectivity index (χ0) is 25.0. The van der Waals surface area contributed by atoms with Gasteiger partial charge in [0, 0.05) is 11.6 Å². The average Bonchev–Trinajstić information content (AvgIpc) is 3.19. The lowest BCUT2D eigenvalue weighted by Crippen LogP contribution is -2.29. The van der Waals surface area contributed by atoms with Gasteiger partial charge >= 0.3 is 0 Å². The number of thioether (sulfide) groups is 1. The number of amides is 2. The molecule has 2 N–H and O–H groups in total. The molecule has 0 aliphatic carbocycles. The zero-order valence-corrected chi connectivity index (χ0v) is 22.4. The summed E-state index contributed by atoms with van der Waals surface area (Å²) in [5, 5.41) is 16.0. The molecule has 3 rings (SSSR count). The molecule has 0 unspecified atom stereocenters. The van der Waals surface area contributed by atoms with E-state index in [0.29, 0.717) is 38.8 Å². The fraction of sp³-hybridized carbons (Fsp3) is 0.238. The molecule has 1 aromatic heterocycles. The lowest BCUT2D eigenvalue weighted by Gasteiger charge is -2.15. The van der Waals surface area contributed by atoms with Crippen LogP contribution in [0.2, 0.25) is 25.1 Å². The molecule has 0 saturated heterocycles. The fourth-order valence-corrected chi connectivity index (χ4v) is 4.87. The van der Waals surface area contributed by atoms with Crippen molar-refractivity contribution in [3.05, 3.63) is 66.8 Å². The van der Waals surface area contributed by atoms with Gasteiger partial charge in [-0.05, 0) is 44.2 Å². The normalized spacial score (nSPS) is 11.9. The van der Waals surface area contributed by atoms with E-state index in [4.69, 9.17) is 58.0 Å². The number of nitrogens with zero attached hydrogens (tertiary/aromatic N) is 3. The molecule has 1 heterocycles. The number of aromatic nitrogens is 3. The predicted molar refractivity (Wildman–Crippen MR) is 139 cm³/mol. The first-order valence-electron chi connectivity index (χ1n) is 9.86. The SMILES string of the molecule is CCn1c(SCC(=O)Nc2cc(Cl)c(Cl)cc2Cl)nnc1[C@H](C)NC(=O)c1ccc(Cl)cc1Cl. The van der Waals surface area contributed by atoms with Crippen LogP contribution in [0.5, 0.6) is 0 Å². The van der Waals surface area contributed by atoms with Crippen LogP contribution >= 0.6 is 69.8 Å². The first kappa shape index (κ1) is 26.9. The summed E-state index contributed by atoms with van der Waals surface area (Å²) in [6.07, 6.45) is 0. The van der Waals surface area contributed by atoms with Crippen LogP contribution in [0.25, 0.3) is 0 Å². The Labute approximate surface area is 225 Å². The summed E-state index contributed by atoms with van der Waals surface area (Å²) in [4.78, 5) is 25.1. The van der Waals surface area contributed by atoms with Crippen molar-refractivity contribution in [2.24, 2.45) is 0 Å². The third kappa shape index (κ3) is 6.50. The summed E-state index contributed by atoms with van der Waals surface area (Å²) in [6.45, 7) is 4.23. The van der Waals surface area contributed by atoms with Crippen LogP contribution in [0, 0.1) is 0 Å². The van der Waals surface area contributed by atoms with Crippen molar-refractivity contribution in [1.82, 2.24) is 20.1 Å². The topological polar surface area (TPSA) is 88.9 Å². The first-order chi connectivity index (χ1) is 16.1. The largest absolute Gasteiger partial charge is 0.342 e. The summed E-state index contributed by atoms with van der Waals surface area (Å²) in [5.41, 5.74) is 0.657. The van der Waals surface area contributed by atoms with E-state index < -0.39 is 6.04 Å². The molecule has 0 radical (unpaired) electrons. The Hall–Kier alpha value is -1.68. The third-order valence-corrected chi connectivity index (χ3v) is 7.14. The van der Waals surface area contributed by atoms with E-state index in [1.165, 1.54) is 30.0 Å². The molecule has 3 aromatic rings. The van der Waals surface area contributed by atoms with E-state index in [-0.39, 0.29) is 32.6 Å². The van der Waals surface area contributed by atoms with Crippen LogP contribution in [0.4, 0.5) is 5.69 Å². The highest BCUT2D eigenvalue weighted by Crippen LogP contribution is 2.32. The summed E-state index contributed by atoms with van der Waals surface area (Å²) >= 11 is 31.2. The van der Waals surface area contributed by atoms with Crippen molar-refractivity contribution in [2.45, 2.75) is 31.6 Å². The molecule has 0 saturated carbocycles. The van der Waals surface area contributed by atoms with Gasteiger partial charge in [0.2, 0.25) is 5.91 Å². The number of nitrogens with one attached hydrogen (secondary N) is 2. The minimum Gasteiger partial charge on any atom is -0.342 e. The number of anilines is 1. The van der Waals surface area contributed by atoms with Gasteiger partial charge in [-0.3, -0.25) is 9.59 Å². The smallest absolute Gasteiger partial charge is 0.253 e. The third-order valence-electron chi connectivity index (χ3n) is 4.59. The zero-order valence-electron chi connectivity index (χ0n) is 17.8. The second-order valence-electron chi connectivity index (χ2n) is 6.99. The van der Waals surface area contributed by atoms with Gasteiger partial charge in [-0.1, -0.05) is 69.8 Å². The second kappa shape index (κ2) is 11.8. The Kier molecular flexibility index (Phi) is 9.37. The van der Waals surface area contributed by atoms with Gasteiger partial charge in [-0.25, -0.2) is 0 Å². The maximum absolute atomic E-state index is 12.6. The summed E-state index contributed by atoms with van der Waals surface area (Å²) in [5.74, 6) is -0.0879. The Morgan fingerprint density at radius 3 is 2.38 bits per heavy atom. The summed E-state index contributed by atoms with van der Waals surface area (Å²) < 4.78 is 1.82. The molecule has 34 heavy (non-hydrogen) atoms. The molecule has 180 valence electrons. The number of hydrogen-bond acceptors (Lipinski definition) is 5. The summed E-state index contributed by atoms with van der Waals surface area (Å²) in [6, 6.07) is 7.12. The van der Waals surface area contributed by atoms with E-state index in [0.717, 1.165) is 0 Å². The predicted octanol–water partition coefficient (Wildman–Crippen LogP) is 6.79. The second-order valence-corrected chi connectivity index (χ2v) is 10.00. The molecule has 0 spiro atoms. The molecule has 0 aliphatic rings. The van der Waals surface area contributed by atoms with Crippen molar-refractivity contribution in [1.29, 1.82) is 0 Å². The van der Waals surface area contributed by atoms with Crippen LogP contribution in [0.3, 0.4) is 0 Å². The fourth-order valence-electron chi connectivity index (χ4n) is 2.97. The molecular formula is C21H18Cl5N5O2S. The van der Waals surface area contributed by atoms with E-state index >= 15 is 0 Å². The monoisotopic (exact) mass is 579 g/mol. The molecule has 0 bridgehead atoms. The van der Waals surface area contributed by atoms with Crippen molar-refractivity contribution < 1.29 is 9.59 Å². The van der Waals surface area contributed by atoms with Gasteiger partial charge in [0.1, 0.15) is 0 Å². The van der Waals surface area contributed by atoms with Crippen molar-refractivity contribution >= 4 is 87.3 Å². The van der Waals surface area contributed by atoms with Crippen molar-refractivity contribution in [3.63, 3.8) is 0 Å². The molecular weight excluding hydrogens is 564 g/mol. The molecule has 0 aliphatic heterocycles. The average molecular weight is 582 g/mol. The summed E-state index contributed by atoms with van der Waals surface area (Å²) in [7, 11) is 0.